The molecule has 0 radical (unpaired) electrons. The van der Waals surface area contributed by atoms with Crippen LogP contribution >= 0.6 is 11.8 Å². The average molecular weight is 295 g/mol. The summed E-state index contributed by atoms with van der Waals surface area (Å²) in [6.45, 7) is 4.32. The molecule has 112 valence electrons. The highest BCUT2D eigenvalue weighted by Crippen LogP contribution is 2.28. The topological polar surface area (TPSA) is 67.1 Å². The molecular formula is C14H25N5S. The number of thioether (sulfide) groups is 1. The molecule has 2 rings (SSSR count). The lowest BCUT2D eigenvalue weighted by Gasteiger charge is -2.25. The van der Waals surface area contributed by atoms with Gasteiger partial charge in [-0.3, -0.25) is 0 Å². The van der Waals surface area contributed by atoms with Crippen LogP contribution in [-0.4, -0.2) is 34.6 Å². The van der Waals surface area contributed by atoms with Crippen LogP contribution in [0, 0.1) is 0 Å². The molecule has 0 spiro atoms. The van der Waals surface area contributed by atoms with Gasteiger partial charge in [-0.05, 0) is 31.9 Å². The van der Waals surface area contributed by atoms with Crippen molar-refractivity contribution in [3.63, 3.8) is 0 Å². The number of nitrogens with one attached hydrogen (secondary N) is 1. The van der Waals surface area contributed by atoms with E-state index in [4.69, 9.17) is 5.84 Å². The third-order valence-corrected chi connectivity index (χ3v) is 5.01. The predicted molar refractivity (Wildman–Crippen MR) is 87.2 cm³/mol. The van der Waals surface area contributed by atoms with E-state index in [-0.39, 0.29) is 0 Å². The summed E-state index contributed by atoms with van der Waals surface area (Å²) in [6.07, 6.45) is 9.60. The summed E-state index contributed by atoms with van der Waals surface area (Å²) in [5.41, 5.74) is 3.87. The molecule has 0 amide bonds. The van der Waals surface area contributed by atoms with Gasteiger partial charge < -0.3 is 10.3 Å². The van der Waals surface area contributed by atoms with Crippen LogP contribution in [0.4, 0.5) is 11.6 Å². The van der Waals surface area contributed by atoms with Gasteiger partial charge in [0.1, 0.15) is 18.0 Å². The van der Waals surface area contributed by atoms with Crippen LogP contribution in [0.2, 0.25) is 0 Å². The Bertz CT molecular complexity index is 426. The molecule has 0 aliphatic carbocycles. The zero-order valence-electron chi connectivity index (χ0n) is 12.4. The molecule has 1 aliphatic heterocycles. The Morgan fingerprint density at radius 2 is 2.25 bits per heavy atom. The number of rotatable bonds is 5. The van der Waals surface area contributed by atoms with Crippen molar-refractivity contribution >= 4 is 23.4 Å². The van der Waals surface area contributed by atoms with E-state index >= 15 is 0 Å². The Morgan fingerprint density at radius 3 is 2.95 bits per heavy atom. The van der Waals surface area contributed by atoms with Crippen molar-refractivity contribution < 1.29 is 0 Å². The summed E-state index contributed by atoms with van der Waals surface area (Å²) in [5, 5.41) is 0.781. The molecule has 20 heavy (non-hydrogen) atoms. The number of hydrazine groups is 1. The van der Waals surface area contributed by atoms with Crippen molar-refractivity contribution in [1.82, 2.24) is 9.97 Å². The van der Waals surface area contributed by atoms with E-state index in [9.17, 15) is 0 Å². The third kappa shape index (κ3) is 3.55. The predicted octanol–water partition coefficient (Wildman–Crippen LogP) is 2.44. The number of nitrogens with two attached hydrogens (primary N) is 1. The fourth-order valence-corrected chi connectivity index (χ4v) is 3.54. The number of anilines is 2. The maximum atomic E-state index is 5.59. The number of aromatic nitrogens is 2. The molecular weight excluding hydrogens is 270 g/mol. The van der Waals surface area contributed by atoms with Gasteiger partial charge in [-0.1, -0.05) is 13.3 Å². The summed E-state index contributed by atoms with van der Waals surface area (Å²) < 4.78 is 0. The van der Waals surface area contributed by atoms with Crippen LogP contribution in [0.25, 0.3) is 0 Å². The SMILES string of the molecule is CCCc1c(NN)ncnc1N1CCCC(SC)CC1. The maximum Gasteiger partial charge on any atom is 0.148 e. The van der Waals surface area contributed by atoms with Crippen LogP contribution in [0.15, 0.2) is 6.33 Å². The van der Waals surface area contributed by atoms with Crippen LogP contribution in [0.3, 0.4) is 0 Å². The molecule has 1 saturated heterocycles. The van der Waals surface area contributed by atoms with Gasteiger partial charge in [-0.2, -0.15) is 11.8 Å². The molecule has 5 nitrogen and oxygen atoms in total. The van der Waals surface area contributed by atoms with Gasteiger partial charge >= 0.3 is 0 Å². The first-order valence-corrected chi connectivity index (χ1v) is 8.67. The van der Waals surface area contributed by atoms with Gasteiger partial charge in [-0.15, -0.1) is 0 Å². The van der Waals surface area contributed by atoms with Crippen LogP contribution < -0.4 is 16.2 Å². The molecule has 1 aromatic heterocycles. The smallest absolute Gasteiger partial charge is 0.148 e. The second-order valence-electron chi connectivity index (χ2n) is 5.19. The summed E-state index contributed by atoms with van der Waals surface area (Å²) in [5.74, 6) is 7.42. The second-order valence-corrected chi connectivity index (χ2v) is 6.33. The maximum absolute atomic E-state index is 5.59. The summed E-state index contributed by atoms with van der Waals surface area (Å²) in [6, 6.07) is 0. The molecule has 1 aromatic rings. The number of nitrogen functional groups attached to an aromatic ring is 1. The molecule has 2 heterocycles. The highest BCUT2D eigenvalue weighted by atomic mass is 32.2. The fourth-order valence-electron chi connectivity index (χ4n) is 2.79. The molecule has 6 heteroatoms. The summed E-state index contributed by atoms with van der Waals surface area (Å²) in [4.78, 5) is 11.2. The van der Waals surface area contributed by atoms with Gasteiger partial charge in [0.25, 0.3) is 0 Å². The Labute approximate surface area is 125 Å². The first-order valence-electron chi connectivity index (χ1n) is 7.38. The van der Waals surface area contributed by atoms with Crippen molar-refractivity contribution in [2.75, 3.05) is 29.7 Å². The molecule has 0 saturated carbocycles. The normalized spacial score (nSPS) is 19.8. The molecule has 3 N–H and O–H groups in total. The monoisotopic (exact) mass is 295 g/mol. The zero-order chi connectivity index (χ0) is 14.4. The quantitative estimate of drug-likeness (QED) is 0.642. The molecule has 0 bridgehead atoms. The lowest BCUT2D eigenvalue weighted by atomic mass is 10.1. The van der Waals surface area contributed by atoms with Gasteiger partial charge in [0.05, 0.1) is 0 Å². The molecule has 1 fully saturated rings. The second kappa shape index (κ2) is 7.69. The van der Waals surface area contributed by atoms with Crippen LogP contribution in [0.5, 0.6) is 0 Å². The standard InChI is InChI=1S/C14H25N5S/c1-3-5-12-13(18-15)16-10-17-14(12)19-8-4-6-11(20-2)7-9-19/h10-11H,3-9,15H2,1-2H3,(H,16,17,18). The number of nitrogens with zero attached hydrogens (tertiary/aromatic N) is 3. The summed E-state index contributed by atoms with van der Waals surface area (Å²) in [7, 11) is 0. The first-order chi connectivity index (χ1) is 9.80. The lowest BCUT2D eigenvalue weighted by molar-refractivity contribution is 0.745. The number of hydrogen-bond acceptors (Lipinski definition) is 6. The third-order valence-electron chi connectivity index (χ3n) is 3.87. The minimum absolute atomic E-state index is 0.766. The molecule has 1 aliphatic rings. The fraction of sp³-hybridized carbons (Fsp3) is 0.714. The Hall–Kier alpha value is -1.01. The van der Waals surface area contributed by atoms with E-state index in [1.54, 1.807) is 6.33 Å². The van der Waals surface area contributed by atoms with E-state index in [1.807, 2.05) is 11.8 Å². The molecule has 1 unspecified atom stereocenters. The lowest BCUT2D eigenvalue weighted by Crippen LogP contribution is -2.27. The van der Waals surface area contributed by atoms with E-state index in [0.717, 1.165) is 48.4 Å². The van der Waals surface area contributed by atoms with E-state index in [0.29, 0.717) is 0 Å². The minimum Gasteiger partial charge on any atom is -0.356 e. The molecule has 1 atom stereocenters. The Kier molecular flexibility index (Phi) is 5.91. The van der Waals surface area contributed by atoms with E-state index in [1.165, 1.54) is 19.3 Å². The zero-order valence-corrected chi connectivity index (χ0v) is 13.2. The van der Waals surface area contributed by atoms with Gasteiger partial charge in [0, 0.05) is 23.9 Å². The van der Waals surface area contributed by atoms with Crippen molar-refractivity contribution in [3.05, 3.63) is 11.9 Å². The first kappa shape index (κ1) is 15.4. The summed E-state index contributed by atoms with van der Waals surface area (Å²) >= 11 is 1.99. The van der Waals surface area contributed by atoms with Gasteiger partial charge in [0.2, 0.25) is 0 Å². The van der Waals surface area contributed by atoms with Crippen molar-refractivity contribution in [1.29, 1.82) is 0 Å². The highest BCUT2D eigenvalue weighted by Gasteiger charge is 2.20. The van der Waals surface area contributed by atoms with Crippen LogP contribution in [-0.2, 0) is 6.42 Å². The van der Waals surface area contributed by atoms with E-state index in [2.05, 4.69) is 33.5 Å². The van der Waals surface area contributed by atoms with Gasteiger partial charge in [0.15, 0.2) is 0 Å². The van der Waals surface area contributed by atoms with Gasteiger partial charge in [-0.25, -0.2) is 15.8 Å². The van der Waals surface area contributed by atoms with Crippen molar-refractivity contribution in [3.8, 4) is 0 Å². The van der Waals surface area contributed by atoms with Crippen molar-refractivity contribution in [2.45, 2.75) is 44.3 Å². The minimum atomic E-state index is 0.766. The Balaban J connectivity index is 2.22. The van der Waals surface area contributed by atoms with Crippen molar-refractivity contribution in [2.24, 2.45) is 5.84 Å². The average Bonchev–Trinajstić information content (AvgIpc) is 2.73. The number of hydrogen-bond donors (Lipinski definition) is 2. The molecule has 0 aromatic carbocycles. The van der Waals surface area contributed by atoms with E-state index < -0.39 is 0 Å². The largest absolute Gasteiger partial charge is 0.356 e. The Morgan fingerprint density at radius 1 is 1.40 bits per heavy atom. The highest BCUT2D eigenvalue weighted by molar-refractivity contribution is 7.99. The van der Waals surface area contributed by atoms with Crippen LogP contribution in [0.1, 0.15) is 38.2 Å².